The Morgan fingerprint density at radius 2 is 1.56 bits per heavy atom. The summed E-state index contributed by atoms with van der Waals surface area (Å²) in [5.74, 6) is 0.487. The Kier molecular flexibility index (Phi) is 6.24. The molecule has 3 aromatic rings. The number of nitrogens with zero attached hydrogens (tertiary/aromatic N) is 1. The van der Waals surface area contributed by atoms with Crippen molar-refractivity contribution in [1.82, 2.24) is 5.43 Å². The first-order valence-corrected chi connectivity index (χ1v) is 9.50. The predicted molar refractivity (Wildman–Crippen MR) is 117 cm³/mol. The van der Waals surface area contributed by atoms with E-state index < -0.39 is 0 Å². The maximum atomic E-state index is 12.3. The van der Waals surface area contributed by atoms with Crippen LogP contribution in [0.5, 0.6) is 5.75 Å². The molecule has 0 aliphatic carbocycles. The number of rotatable bonds is 5. The van der Waals surface area contributed by atoms with Crippen LogP contribution in [-0.2, 0) is 0 Å². The van der Waals surface area contributed by atoms with Crippen molar-refractivity contribution in [3.63, 3.8) is 0 Å². The molecule has 0 unspecified atom stereocenters. The predicted octanol–water partition coefficient (Wildman–Crippen LogP) is 5.12. The molecule has 0 aliphatic rings. The molecule has 0 aliphatic heterocycles. The minimum atomic E-state index is -0.254. The van der Waals surface area contributed by atoms with E-state index in [4.69, 9.17) is 4.74 Å². The third-order valence-electron chi connectivity index (χ3n) is 4.15. The van der Waals surface area contributed by atoms with Crippen LogP contribution in [0.4, 0.5) is 0 Å². The summed E-state index contributed by atoms with van der Waals surface area (Å²) in [6, 6.07) is 23.6. The molecule has 27 heavy (non-hydrogen) atoms. The fraction of sp³-hybridized carbons (Fsp3) is 0.0909. The van der Waals surface area contributed by atoms with Gasteiger partial charge in [0.1, 0.15) is 5.75 Å². The van der Waals surface area contributed by atoms with Crippen molar-refractivity contribution < 1.29 is 9.53 Å². The molecule has 5 heteroatoms. The second-order valence-electron chi connectivity index (χ2n) is 5.93. The summed E-state index contributed by atoms with van der Waals surface area (Å²) >= 11 is 2.14. The number of amides is 1. The van der Waals surface area contributed by atoms with E-state index >= 15 is 0 Å². The van der Waals surface area contributed by atoms with E-state index in [1.165, 1.54) is 5.56 Å². The molecule has 3 rings (SSSR count). The van der Waals surface area contributed by atoms with Gasteiger partial charge in [-0.25, -0.2) is 5.43 Å². The Hall–Kier alpha value is -2.67. The third kappa shape index (κ3) is 4.74. The molecule has 136 valence electrons. The van der Waals surface area contributed by atoms with Crippen LogP contribution in [0.25, 0.3) is 11.1 Å². The van der Waals surface area contributed by atoms with Crippen LogP contribution < -0.4 is 10.2 Å². The minimum Gasteiger partial charge on any atom is -0.496 e. The molecule has 0 fully saturated rings. The summed E-state index contributed by atoms with van der Waals surface area (Å²) < 4.78 is 6.09. The Labute approximate surface area is 172 Å². The van der Waals surface area contributed by atoms with Crippen LogP contribution in [0, 0.1) is 3.57 Å². The summed E-state index contributed by atoms with van der Waals surface area (Å²) in [5.41, 5.74) is 7.16. The molecule has 0 aromatic heterocycles. The normalized spacial score (nSPS) is 11.1. The van der Waals surface area contributed by atoms with Crippen molar-refractivity contribution in [2.45, 2.75) is 6.92 Å². The molecule has 1 N–H and O–H groups in total. The number of hydrazone groups is 1. The van der Waals surface area contributed by atoms with Crippen LogP contribution in [0.2, 0.25) is 0 Å². The molecule has 1 amide bonds. The Morgan fingerprint density at radius 1 is 0.926 bits per heavy atom. The molecule has 0 radical (unpaired) electrons. The molecule has 0 heterocycles. The summed E-state index contributed by atoms with van der Waals surface area (Å²) in [7, 11) is 1.61. The number of methoxy groups -OCH3 is 1. The van der Waals surface area contributed by atoms with Crippen molar-refractivity contribution in [2.75, 3.05) is 7.11 Å². The Bertz CT molecular complexity index is 967. The van der Waals surface area contributed by atoms with Gasteiger partial charge in [0.15, 0.2) is 0 Å². The van der Waals surface area contributed by atoms with Gasteiger partial charge in [-0.2, -0.15) is 5.10 Å². The lowest BCUT2D eigenvalue weighted by Crippen LogP contribution is -2.19. The summed E-state index contributed by atoms with van der Waals surface area (Å²) in [6.45, 7) is 1.87. The zero-order chi connectivity index (χ0) is 19.2. The first-order valence-electron chi connectivity index (χ1n) is 8.42. The number of carbonyl (C=O) groups is 1. The maximum absolute atomic E-state index is 12.3. The number of benzene rings is 3. The maximum Gasteiger partial charge on any atom is 0.271 e. The molecule has 0 atom stereocenters. The van der Waals surface area contributed by atoms with E-state index in [9.17, 15) is 4.79 Å². The highest BCUT2D eigenvalue weighted by atomic mass is 127. The monoisotopic (exact) mass is 470 g/mol. The minimum absolute atomic E-state index is 0.254. The lowest BCUT2D eigenvalue weighted by Gasteiger charge is -2.07. The van der Waals surface area contributed by atoms with Crippen LogP contribution in [-0.4, -0.2) is 18.7 Å². The van der Waals surface area contributed by atoms with E-state index in [1.807, 2.05) is 37.3 Å². The number of hydrogen-bond acceptors (Lipinski definition) is 3. The van der Waals surface area contributed by atoms with E-state index in [0.29, 0.717) is 5.56 Å². The number of ether oxygens (including phenoxy) is 1. The van der Waals surface area contributed by atoms with Gasteiger partial charge in [0, 0.05) is 5.56 Å². The van der Waals surface area contributed by atoms with Crippen LogP contribution in [0.1, 0.15) is 22.8 Å². The molecule has 0 saturated heterocycles. The largest absolute Gasteiger partial charge is 0.496 e. The topological polar surface area (TPSA) is 50.7 Å². The average Bonchev–Trinajstić information content (AvgIpc) is 2.72. The number of carbonyl (C=O) groups excluding carboxylic acids is 1. The second kappa shape index (κ2) is 8.81. The fourth-order valence-corrected chi connectivity index (χ4v) is 3.34. The highest BCUT2D eigenvalue weighted by Crippen LogP contribution is 2.22. The van der Waals surface area contributed by atoms with E-state index in [2.05, 4.69) is 57.4 Å². The van der Waals surface area contributed by atoms with E-state index in [1.54, 1.807) is 25.3 Å². The highest BCUT2D eigenvalue weighted by molar-refractivity contribution is 14.1. The first kappa shape index (κ1) is 19.1. The number of nitrogens with one attached hydrogen (secondary N) is 1. The lowest BCUT2D eigenvalue weighted by atomic mass is 10.0. The Balaban J connectivity index is 1.70. The SMILES string of the molecule is COc1ccc(C(=O)N/N=C(\C)c2ccc(-c3ccccc3)cc2)cc1I. The van der Waals surface area contributed by atoms with Gasteiger partial charge in [0.2, 0.25) is 0 Å². The van der Waals surface area contributed by atoms with Crippen molar-refractivity contribution in [3.8, 4) is 16.9 Å². The van der Waals surface area contributed by atoms with Crippen LogP contribution in [0.3, 0.4) is 0 Å². The van der Waals surface area contributed by atoms with Crippen molar-refractivity contribution in [2.24, 2.45) is 5.10 Å². The van der Waals surface area contributed by atoms with E-state index in [0.717, 1.165) is 26.2 Å². The molecular weight excluding hydrogens is 451 g/mol. The zero-order valence-corrected chi connectivity index (χ0v) is 17.2. The quantitative estimate of drug-likeness (QED) is 0.320. The van der Waals surface area contributed by atoms with E-state index in [-0.39, 0.29) is 5.91 Å². The van der Waals surface area contributed by atoms with Crippen molar-refractivity contribution >= 4 is 34.2 Å². The smallest absolute Gasteiger partial charge is 0.271 e. The van der Waals surface area contributed by atoms with Gasteiger partial charge in [0.05, 0.1) is 16.4 Å². The molecule has 4 nitrogen and oxygen atoms in total. The molecule has 0 saturated carbocycles. The highest BCUT2D eigenvalue weighted by Gasteiger charge is 2.08. The summed E-state index contributed by atoms with van der Waals surface area (Å²) in [5, 5.41) is 4.23. The van der Waals surface area contributed by atoms with Crippen LogP contribution >= 0.6 is 22.6 Å². The fourth-order valence-electron chi connectivity index (χ4n) is 2.61. The van der Waals surface area contributed by atoms with Gasteiger partial charge in [-0.1, -0.05) is 54.6 Å². The standard InChI is InChI=1S/C22H19IN2O2/c1-15(16-8-10-18(11-9-16)17-6-4-3-5-7-17)24-25-22(26)19-12-13-21(27-2)20(23)14-19/h3-14H,1-2H3,(H,25,26)/b24-15+. The lowest BCUT2D eigenvalue weighted by molar-refractivity contribution is 0.0954. The Morgan fingerprint density at radius 3 is 2.19 bits per heavy atom. The molecular formula is C22H19IN2O2. The van der Waals surface area contributed by atoms with Gasteiger partial charge >= 0.3 is 0 Å². The van der Waals surface area contributed by atoms with Crippen molar-refractivity contribution in [1.29, 1.82) is 0 Å². The van der Waals surface area contributed by atoms with Gasteiger partial charge in [-0.05, 0) is 64.4 Å². The summed E-state index contributed by atoms with van der Waals surface area (Å²) in [4.78, 5) is 12.3. The summed E-state index contributed by atoms with van der Waals surface area (Å²) in [6.07, 6.45) is 0. The molecule has 3 aromatic carbocycles. The third-order valence-corrected chi connectivity index (χ3v) is 4.99. The number of halogens is 1. The molecule has 0 spiro atoms. The number of hydrogen-bond donors (Lipinski definition) is 1. The average molecular weight is 470 g/mol. The van der Waals surface area contributed by atoms with Gasteiger partial charge in [-0.15, -0.1) is 0 Å². The van der Waals surface area contributed by atoms with Gasteiger partial charge < -0.3 is 4.74 Å². The second-order valence-corrected chi connectivity index (χ2v) is 7.09. The van der Waals surface area contributed by atoms with Gasteiger partial charge in [0.25, 0.3) is 5.91 Å². The van der Waals surface area contributed by atoms with Gasteiger partial charge in [-0.3, -0.25) is 4.79 Å². The first-order chi connectivity index (χ1) is 13.1. The molecule has 0 bridgehead atoms. The van der Waals surface area contributed by atoms with Crippen molar-refractivity contribution in [3.05, 3.63) is 87.5 Å². The zero-order valence-electron chi connectivity index (χ0n) is 15.1. The van der Waals surface area contributed by atoms with Crippen LogP contribution in [0.15, 0.2) is 77.9 Å².